The molecule has 5 nitrogen and oxygen atoms in total. The molecule has 2 aromatic carbocycles. The lowest BCUT2D eigenvalue weighted by molar-refractivity contribution is -0.385. The molecule has 0 fully saturated rings. The van der Waals surface area contributed by atoms with Gasteiger partial charge in [-0.3, -0.25) is 10.1 Å². The lowest BCUT2D eigenvalue weighted by Gasteiger charge is -2.05. The maximum absolute atomic E-state index is 13.1. The summed E-state index contributed by atoms with van der Waals surface area (Å²) < 4.78 is 18.0. The van der Waals surface area contributed by atoms with Crippen LogP contribution in [0.15, 0.2) is 42.5 Å². The number of esters is 1. The van der Waals surface area contributed by atoms with E-state index in [2.05, 4.69) is 0 Å². The van der Waals surface area contributed by atoms with Gasteiger partial charge in [0, 0.05) is 18.0 Å². The highest BCUT2D eigenvalue weighted by atomic mass is 35.5. The minimum absolute atomic E-state index is 0.183. The van der Waals surface area contributed by atoms with Gasteiger partial charge in [-0.05, 0) is 23.8 Å². The Labute approximate surface area is 124 Å². The van der Waals surface area contributed by atoms with Gasteiger partial charge in [-0.2, -0.15) is 0 Å². The summed E-state index contributed by atoms with van der Waals surface area (Å²) in [5.74, 6) is -1.69. The topological polar surface area (TPSA) is 69.4 Å². The summed E-state index contributed by atoms with van der Waals surface area (Å²) in [6, 6.07) is 8.87. The summed E-state index contributed by atoms with van der Waals surface area (Å²) in [7, 11) is 0. The standard InChI is InChI=1S/C14H9ClFNO4/c15-8-9-1-3-10(4-2-9)14(18)21-13-7-11(16)5-6-12(13)17(19)20/h1-7H,8H2. The maximum Gasteiger partial charge on any atom is 0.343 e. The van der Waals surface area contributed by atoms with Gasteiger partial charge in [-0.1, -0.05) is 12.1 Å². The van der Waals surface area contributed by atoms with E-state index in [-0.39, 0.29) is 5.56 Å². The fourth-order valence-corrected chi connectivity index (χ4v) is 1.79. The normalized spacial score (nSPS) is 10.2. The number of hydrogen-bond acceptors (Lipinski definition) is 4. The van der Waals surface area contributed by atoms with Crippen molar-refractivity contribution >= 4 is 23.3 Å². The van der Waals surface area contributed by atoms with Crippen LogP contribution in [0.3, 0.4) is 0 Å². The van der Waals surface area contributed by atoms with Crippen LogP contribution >= 0.6 is 11.6 Å². The van der Waals surface area contributed by atoms with E-state index in [1.807, 2.05) is 0 Å². The van der Waals surface area contributed by atoms with E-state index in [1.165, 1.54) is 12.1 Å². The Bertz CT molecular complexity index is 688. The van der Waals surface area contributed by atoms with Gasteiger partial charge in [-0.15, -0.1) is 11.6 Å². The summed E-state index contributed by atoms with van der Waals surface area (Å²) in [6.07, 6.45) is 0. The average Bonchev–Trinajstić information content (AvgIpc) is 2.47. The first-order valence-electron chi connectivity index (χ1n) is 5.82. The molecule has 21 heavy (non-hydrogen) atoms. The van der Waals surface area contributed by atoms with Crippen molar-refractivity contribution in [1.29, 1.82) is 0 Å². The van der Waals surface area contributed by atoms with Crippen molar-refractivity contribution in [2.24, 2.45) is 0 Å². The minimum atomic E-state index is -0.815. The van der Waals surface area contributed by atoms with Gasteiger partial charge in [0.25, 0.3) is 0 Å². The quantitative estimate of drug-likeness (QED) is 0.284. The predicted molar refractivity (Wildman–Crippen MR) is 74.0 cm³/mol. The number of nitrogens with zero attached hydrogens (tertiary/aromatic N) is 1. The molecule has 0 aliphatic rings. The summed E-state index contributed by atoms with van der Waals surface area (Å²) in [4.78, 5) is 22.0. The van der Waals surface area contributed by atoms with Gasteiger partial charge in [0.2, 0.25) is 5.75 Å². The SMILES string of the molecule is O=C(Oc1cc(F)ccc1[N+](=O)[O-])c1ccc(CCl)cc1. The van der Waals surface area contributed by atoms with E-state index in [0.717, 1.165) is 23.8 Å². The lowest BCUT2D eigenvalue weighted by atomic mass is 10.1. The molecule has 2 aromatic rings. The van der Waals surface area contributed by atoms with Crippen LogP contribution < -0.4 is 4.74 Å². The van der Waals surface area contributed by atoms with E-state index >= 15 is 0 Å². The molecule has 0 N–H and O–H groups in total. The highest BCUT2D eigenvalue weighted by Gasteiger charge is 2.19. The molecule has 0 amide bonds. The van der Waals surface area contributed by atoms with E-state index in [0.29, 0.717) is 5.88 Å². The fourth-order valence-electron chi connectivity index (χ4n) is 1.61. The number of carbonyl (C=O) groups excluding carboxylic acids is 1. The molecule has 0 saturated carbocycles. The Morgan fingerprint density at radius 3 is 2.48 bits per heavy atom. The monoisotopic (exact) mass is 309 g/mol. The van der Waals surface area contributed by atoms with Crippen molar-refractivity contribution in [2.45, 2.75) is 5.88 Å². The zero-order valence-corrected chi connectivity index (χ0v) is 11.3. The predicted octanol–water partition coefficient (Wildman–Crippen LogP) is 3.69. The van der Waals surface area contributed by atoms with Crippen LogP contribution in [0.4, 0.5) is 10.1 Å². The van der Waals surface area contributed by atoms with Gasteiger partial charge in [0.15, 0.2) is 0 Å². The molecule has 0 heterocycles. The van der Waals surface area contributed by atoms with Crippen LogP contribution in [0, 0.1) is 15.9 Å². The fraction of sp³-hybridized carbons (Fsp3) is 0.0714. The second-order valence-corrected chi connectivity index (χ2v) is 4.36. The molecular formula is C14H9ClFNO4. The van der Waals surface area contributed by atoms with Crippen LogP contribution in [0.5, 0.6) is 5.75 Å². The van der Waals surface area contributed by atoms with Crippen molar-refractivity contribution < 1.29 is 18.8 Å². The molecule has 0 spiro atoms. The molecule has 108 valence electrons. The molecule has 0 aliphatic heterocycles. The number of nitro groups is 1. The Kier molecular flexibility index (Phi) is 4.49. The third-order valence-electron chi connectivity index (χ3n) is 2.67. The summed E-state index contributed by atoms with van der Waals surface area (Å²) in [5.41, 5.74) is 0.509. The first-order chi connectivity index (χ1) is 10.0. The molecule has 0 aromatic heterocycles. The van der Waals surface area contributed by atoms with Crippen LogP contribution in [0.2, 0.25) is 0 Å². The van der Waals surface area contributed by atoms with E-state index in [4.69, 9.17) is 16.3 Å². The summed E-state index contributed by atoms with van der Waals surface area (Å²) in [5, 5.41) is 10.8. The third kappa shape index (κ3) is 3.55. The van der Waals surface area contributed by atoms with Gasteiger partial charge in [-0.25, -0.2) is 9.18 Å². The van der Waals surface area contributed by atoms with Crippen LogP contribution in [0.1, 0.15) is 15.9 Å². The number of benzene rings is 2. The van der Waals surface area contributed by atoms with Crippen molar-refractivity contribution in [1.82, 2.24) is 0 Å². The molecule has 0 saturated heterocycles. The molecule has 0 atom stereocenters. The Morgan fingerprint density at radius 2 is 1.90 bits per heavy atom. The largest absolute Gasteiger partial charge is 0.415 e. The van der Waals surface area contributed by atoms with E-state index in [1.54, 1.807) is 12.1 Å². The van der Waals surface area contributed by atoms with Crippen LogP contribution in [-0.2, 0) is 5.88 Å². The smallest absolute Gasteiger partial charge is 0.343 e. The Morgan fingerprint density at radius 1 is 1.24 bits per heavy atom. The number of halogens is 2. The molecule has 7 heteroatoms. The second-order valence-electron chi connectivity index (χ2n) is 4.09. The number of nitro benzene ring substituents is 1. The molecule has 0 aliphatic carbocycles. The molecule has 0 bridgehead atoms. The van der Waals surface area contributed by atoms with Crippen molar-refractivity contribution in [2.75, 3.05) is 0 Å². The second kappa shape index (κ2) is 6.32. The zero-order chi connectivity index (χ0) is 15.4. The van der Waals surface area contributed by atoms with Crippen LogP contribution in [0.25, 0.3) is 0 Å². The first kappa shape index (κ1) is 14.9. The van der Waals surface area contributed by atoms with E-state index < -0.39 is 28.1 Å². The maximum atomic E-state index is 13.1. The van der Waals surface area contributed by atoms with Gasteiger partial charge >= 0.3 is 11.7 Å². The molecule has 0 radical (unpaired) electrons. The minimum Gasteiger partial charge on any atom is -0.415 e. The highest BCUT2D eigenvalue weighted by Crippen LogP contribution is 2.28. The van der Waals surface area contributed by atoms with Crippen molar-refractivity contribution in [3.63, 3.8) is 0 Å². The number of alkyl halides is 1. The molecule has 2 rings (SSSR count). The van der Waals surface area contributed by atoms with Crippen molar-refractivity contribution in [3.8, 4) is 5.75 Å². The summed E-state index contributed by atoms with van der Waals surface area (Å²) in [6.45, 7) is 0. The molecule has 0 unspecified atom stereocenters. The summed E-state index contributed by atoms with van der Waals surface area (Å²) >= 11 is 5.63. The molecular weight excluding hydrogens is 301 g/mol. The van der Waals surface area contributed by atoms with Gasteiger partial charge < -0.3 is 4.74 Å². The van der Waals surface area contributed by atoms with Gasteiger partial charge in [0.1, 0.15) is 5.82 Å². The number of rotatable bonds is 4. The zero-order valence-electron chi connectivity index (χ0n) is 10.6. The third-order valence-corrected chi connectivity index (χ3v) is 2.97. The lowest BCUT2D eigenvalue weighted by Crippen LogP contribution is -2.10. The van der Waals surface area contributed by atoms with Crippen molar-refractivity contribution in [3.05, 3.63) is 69.5 Å². The first-order valence-corrected chi connectivity index (χ1v) is 6.35. The Hall–Kier alpha value is -2.47. The van der Waals surface area contributed by atoms with Crippen LogP contribution in [-0.4, -0.2) is 10.9 Å². The van der Waals surface area contributed by atoms with Gasteiger partial charge in [0.05, 0.1) is 10.5 Å². The number of hydrogen-bond donors (Lipinski definition) is 0. The highest BCUT2D eigenvalue weighted by molar-refractivity contribution is 6.17. The number of ether oxygens (including phenoxy) is 1. The number of carbonyl (C=O) groups is 1. The average molecular weight is 310 g/mol. The Balaban J connectivity index is 2.26. The van der Waals surface area contributed by atoms with E-state index in [9.17, 15) is 19.3 Å².